The number of rotatable bonds is 11. The molecule has 0 radical (unpaired) electrons. The first-order valence-corrected chi connectivity index (χ1v) is 11.7. The number of primary amides is 1. The number of carbonyl (C=O) groups excluding carboxylic acids is 4. The second-order valence-electron chi connectivity index (χ2n) is 8.92. The van der Waals surface area contributed by atoms with Crippen LogP contribution in [0.2, 0.25) is 5.02 Å². The summed E-state index contributed by atoms with van der Waals surface area (Å²) in [5.41, 5.74) is 5.38. The Bertz CT molecular complexity index is 942. The summed E-state index contributed by atoms with van der Waals surface area (Å²) in [5.74, 6) is -3.04. The Balaban J connectivity index is 1.66. The molecule has 7 nitrogen and oxygen atoms in total. The maximum absolute atomic E-state index is 13.9. The van der Waals surface area contributed by atoms with E-state index in [-0.39, 0.29) is 16.5 Å². The van der Waals surface area contributed by atoms with Crippen LogP contribution in [0.4, 0.5) is 4.39 Å². The second-order valence-corrected chi connectivity index (χ2v) is 9.35. The zero-order valence-electron chi connectivity index (χ0n) is 18.3. The van der Waals surface area contributed by atoms with Crippen LogP contribution in [-0.4, -0.2) is 35.6 Å². The molecule has 33 heavy (non-hydrogen) atoms. The molecule has 3 amide bonds. The fourth-order valence-corrected chi connectivity index (χ4v) is 4.35. The number of halogens is 2. The van der Waals surface area contributed by atoms with Crippen molar-refractivity contribution in [2.45, 2.75) is 63.5 Å². The van der Waals surface area contributed by atoms with Gasteiger partial charge in [0.2, 0.25) is 17.6 Å². The highest BCUT2D eigenvalue weighted by molar-refractivity contribution is 6.37. The van der Waals surface area contributed by atoms with Gasteiger partial charge < -0.3 is 16.4 Å². The van der Waals surface area contributed by atoms with E-state index in [1.807, 2.05) is 0 Å². The number of hydrogen-bond acceptors (Lipinski definition) is 4. The maximum atomic E-state index is 13.9. The standard InChI is InChI=1S/C24H29ClFN3O4/c25-17-9-7-16(18(26)13-17)8-10-21(30)28-20(12-15-5-6-15)24(33)29-19(22(31)23(27)32)11-14-3-1-2-4-14/h7-10,13-15,19-20H,1-6,11-12H2,(H2,27,32)(H,28,30)(H,29,33)/b10-8+/t19?,20-/m0/s1. The van der Waals surface area contributed by atoms with Gasteiger partial charge >= 0.3 is 0 Å². The molecule has 2 saturated carbocycles. The average Bonchev–Trinajstić information content (AvgIpc) is 3.43. The predicted molar refractivity (Wildman–Crippen MR) is 122 cm³/mol. The molecule has 0 bridgehead atoms. The van der Waals surface area contributed by atoms with Crippen molar-refractivity contribution in [3.8, 4) is 0 Å². The van der Waals surface area contributed by atoms with E-state index in [0.717, 1.165) is 50.7 Å². The third-order valence-electron chi connectivity index (χ3n) is 6.20. The van der Waals surface area contributed by atoms with Crippen LogP contribution >= 0.6 is 11.6 Å². The van der Waals surface area contributed by atoms with Crippen LogP contribution in [0.3, 0.4) is 0 Å². The Hall–Kier alpha value is -2.74. The van der Waals surface area contributed by atoms with Gasteiger partial charge in [0, 0.05) is 16.7 Å². The fourth-order valence-electron chi connectivity index (χ4n) is 4.20. The first-order chi connectivity index (χ1) is 15.7. The molecule has 2 fully saturated rings. The minimum atomic E-state index is -1.09. The molecule has 2 atom stereocenters. The molecule has 0 aliphatic heterocycles. The van der Waals surface area contributed by atoms with Crippen molar-refractivity contribution in [3.05, 3.63) is 40.7 Å². The summed E-state index contributed by atoms with van der Waals surface area (Å²) in [7, 11) is 0. The smallest absolute Gasteiger partial charge is 0.287 e. The Morgan fingerprint density at radius 3 is 2.27 bits per heavy atom. The van der Waals surface area contributed by atoms with Gasteiger partial charge in [-0.3, -0.25) is 19.2 Å². The highest BCUT2D eigenvalue weighted by atomic mass is 35.5. The first kappa shape index (κ1) is 24.9. The molecule has 4 N–H and O–H groups in total. The van der Waals surface area contributed by atoms with Crippen molar-refractivity contribution in [2.75, 3.05) is 0 Å². The van der Waals surface area contributed by atoms with Crippen LogP contribution in [0.25, 0.3) is 6.08 Å². The molecule has 0 aromatic heterocycles. The SMILES string of the molecule is NC(=O)C(=O)C(CC1CCCC1)NC(=O)[C@H](CC1CC1)NC(=O)/C=C/c1ccc(Cl)cc1F. The highest BCUT2D eigenvalue weighted by Crippen LogP contribution is 2.34. The molecule has 0 spiro atoms. The minimum Gasteiger partial charge on any atom is -0.363 e. The van der Waals surface area contributed by atoms with Gasteiger partial charge in [-0.15, -0.1) is 0 Å². The van der Waals surface area contributed by atoms with E-state index in [1.54, 1.807) is 0 Å². The van der Waals surface area contributed by atoms with Gasteiger partial charge in [-0.1, -0.05) is 56.2 Å². The predicted octanol–water partition coefficient (Wildman–Crippen LogP) is 2.90. The van der Waals surface area contributed by atoms with Crippen molar-refractivity contribution >= 4 is 41.2 Å². The molecule has 0 heterocycles. The van der Waals surface area contributed by atoms with Crippen molar-refractivity contribution in [2.24, 2.45) is 17.6 Å². The van der Waals surface area contributed by atoms with E-state index in [0.29, 0.717) is 18.8 Å². The third-order valence-corrected chi connectivity index (χ3v) is 6.43. The van der Waals surface area contributed by atoms with Crippen LogP contribution in [0.5, 0.6) is 0 Å². The van der Waals surface area contributed by atoms with Crippen LogP contribution in [0, 0.1) is 17.7 Å². The summed E-state index contributed by atoms with van der Waals surface area (Å²) in [5, 5.41) is 5.54. The molecule has 1 unspecified atom stereocenters. The normalized spacial score (nSPS) is 18.1. The van der Waals surface area contributed by atoms with Crippen LogP contribution in [0.1, 0.15) is 56.9 Å². The minimum absolute atomic E-state index is 0.182. The first-order valence-electron chi connectivity index (χ1n) is 11.3. The molecule has 0 saturated heterocycles. The summed E-state index contributed by atoms with van der Waals surface area (Å²) in [6.07, 6.45) is 9.10. The lowest BCUT2D eigenvalue weighted by Crippen LogP contribution is -2.53. The average molecular weight is 478 g/mol. The molecule has 2 aliphatic carbocycles. The van der Waals surface area contributed by atoms with Crippen molar-refractivity contribution < 1.29 is 23.6 Å². The molecule has 3 rings (SSSR count). The highest BCUT2D eigenvalue weighted by Gasteiger charge is 2.34. The van der Waals surface area contributed by atoms with Gasteiger partial charge in [-0.05, 0) is 42.9 Å². The van der Waals surface area contributed by atoms with E-state index in [2.05, 4.69) is 10.6 Å². The summed E-state index contributed by atoms with van der Waals surface area (Å²) < 4.78 is 13.9. The zero-order chi connectivity index (χ0) is 24.0. The van der Waals surface area contributed by atoms with Gasteiger partial charge in [0.15, 0.2) is 0 Å². The number of nitrogens with two attached hydrogens (primary N) is 1. The number of Topliss-reactive ketones (excluding diaryl/α,β-unsaturated/α-hetero) is 1. The van der Waals surface area contributed by atoms with E-state index < -0.39 is 41.4 Å². The lowest BCUT2D eigenvalue weighted by atomic mass is 9.95. The monoisotopic (exact) mass is 477 g/mol. The number of benzene rings is 1. The Morgan fingerprint density at radius 1 is 1.03 bits per heavy atom. The largest absolute Gasteiger partial charge is 0.363 e. The van der Waals surface area contributed by atoms with Crippen LogP contribution < -0.4 is 16.4 Å². The number of ketones is 1. The molecule has 2 aliphatic rings. The topological polar surface area (TPSA) is 118 Å². The fraction of sp³-hybridized carbons (Fsp3) is 0.500. The summed E-state index contributed by atoms with van der Waals surface area (Å²) in [6.45, 7) is 0. The molecule has 9 heteroatoms. The molecule has 1 aromatic rings. The van der Waals surface area contributed by atoms with Crippen molar-refractivity contribution in [3.63, 3.8) is 0 Å². The van der Waals surface area contributed by atoms with Gasteiger partial charge in [-0.2, -0.15) is 0 Å². The summed E-state index contributed by atoms with van der Waals surface area (Å²) >= 11 is 5.73. The molecular weight excluding hydrogens is 449 g/mol. The van der Waals surface area contributed by atoms with Gasteiger partial charge in [-0.25, -0.2) is 4.39 Å². The maximum Gasteiger partial charge on any atom is 0.287 e. The molecule has 178 valence electrons. The number of amides is 3. The summed E-state index contributed by atoms with van der Waals surface area (Å²) in [4.78, 5) is 49.3. The number of carbonyl (C=O) groups is 4. The van der Waals surface area contributed by atoms with E-state index >= 15 is 0 Å². The van der Waals surface area contributed by atoms with Gasteiger partial charge in [0.05, 0.1) is 6.04 Å². The second kappa shape index (κ2) is 11.4. The number of hydrogen-bond donors (Lipinski definition) is 3. The van der Waals surface area contributed by atoms with Crippen LogP contribution in [-0.2, 0) is 19.2 Å². The summed E-state index contributed by atoms with van der Waals surface area (Å²) in [6, 6.07) is 2.21. The lowest BCUT2D eigenvalue weighted by molar-refractivity contribution is -0.139. The van der Waals surface area contributed by atoms with Gasteiger partial charge in [0.1, 0.15) is 11.9 Å². The molecular formula is C24H29ClFN3O4. The van der Waals surface area contributed by atoms with E-state index in [1.165, 1.54) is 18.2 Å². The Labute approximate surface area is 197 Å². The Morgan fingerprint density at radius 2 is 1.67 bits per heavy atom. The van der Waals surface area contributed by atoms with E-state index in [9.17, 15) is 23.6 Å². The van der Waals surface area contributed by atoms with Gasteiger partial charge in [0.25, 0.3) is 5.91 Å². The quantitative estimate of drug-likeness (QED) is 0.335. The third kappa shape index (κ3) is 7.67. The Kier molecular flexibility index (Phi) is 8.61. The van der Waals surface area contributed by atoms with Crippen molar-refractivity contribution in [1.29, 1.82) is 0 Å². The van der Waals surface area contributed by atoms with Crippen molar-refractivity contribution in [1.82, 2.24) is 10.6 Å². The lowest BCUT2D eigenvalue weighted by Gasteiger charge is -2.23. The van der Waals surface area contributed by atoms with E-state index in [4.69, 9.17) is 17.3 Å². The van der Waals surface area contributed by atoms with Crippen LogP contribution in [0.15, 0.2) is 24.3 Å². The molecule has 1 aromatic carbocycles. The zero-order valence-corrected chi connectivity index (χ0v) is 19.1. The number of nitrogens with one attached hydrogen (secondary N) is 2.